The van der Waals surface area contributed by atoms with Gasteiger partial charge in [0.25, 0.3) is 5.56 Å². The number of benzene rings is 1. The third kappa shape index (κ3) is 4.11. The molecule has 3 aromatic rings. The Bertz CT molecular complexity index is 1050. The Kier molecular flexibility index (Phi) is 6.18. The number of hydrogen-bond acceptors (Lipinski definition) is 5. The van der Waals surface area contributed by atoms with E-state index in [2.05, 4.69) is 22.2 Å². The summed E-state index contributed by atoms with van der Waals surface area (Å²) in [6, 6.07) is 7.75. The third-order valence-corrected chi connectivity index (χ3v) is 4.85. The molecule has 2 aromatic heterocycles. The Hall–Kier alpha value is -3.03. The Morgan fingerprint density at radius 2 is 1.89 bits per heavy atom. The van der Waals surface area contributed by atoms with Crippen LogP contribution in [0.2, 0.25) is 0 Å². The molecule has 0 amide bonds. The van der Waals surface area contributed by atoms with Crippen LogP contribution in [-0.4, -0.2) is 26.2 Å². The molecule has 0 spiro atoms. The average Bonchev–Trinajstić information content (AvgIpc) is 3.07. The summed E-state index contributed by atoms with van der Waals surface area (Å²) >= 11 is 0. The van der Waals surface area contributed by atoms with Crippen molar-refractivity contribution in [2.45, 2.75) is 45.7 Å². The van der Waals surface area contributed by atoms with Crippen molar-refractivity contribution in [1.82, 2.24) is 19.1 Å². The lowest BCUT2D eigenvalue weighted by Gasteiger charge is -2.11. The normalized spacial score (nSPS) is 11.1. The van der Waals surface area contributed by atoms with Crippen molar-refractivity contribution in [1.29, 1.82) is 0 Å². The van der Waals surface area contributed by atoms with Gasteiger partial charge in [0.1, 0.15) is 5.75 Å². The fraction of sp³-hybridized carbons (Fsp3) is 0.450. The van der Waals surface area contributed by atoms with Crippen molar-refractivity contribution in [2.24, 2.45) is 7.05 Å². The van der Waals surface area contributed by atoms with Crippen molar-refractivity contribution < 1.29 is 4.74 Å². The van der Waals surface area contributed by atoms with Crippen LogP contribution in [0.3, 0.4) is 0 Å². The second-order valence-electron chi connectivity index (χ2n) is 6.84. The molecule has 0 aliphatic carbocycles. The summed E-state index contributed by atoms with van der Waals surface area (Å²) in [7, 11) is 3.25. The highest BCUT2D eigenvalue weighted by atomic mass is 16.5. The fourth-order valence-corrected chi connectivity index (χ4v) is 3.21. The van der Waals surface area contributed by atoms with Gasteiger partial charge in [-0.2, -0.15) is 4.98 Å². The number of anilines is 1. The van der Waals surface area contributed by atoms with E-state index in [4.69, 9.17) is 4.74 Å². The van der Waals surface area contributed by atoms with Gasteiger partial charge >= 0.3 is 5.69 Å². The monoisotopic (exact) mass is 385 g/mol. The van der Waals surface area contributed by atoms with Crippen LogP contribution in [-0.2, 0) is 20.1 Å². The van der Waals surface area contributed by atoms with Gasteiger partial charge in [-0.3, -0.25) is 14.3 Å². The number of hydrogen-bond donors (Lipinski definition) is 2. The van der Waals surface area contributed by atoms with E-state index in [1.54, 1.807) is 14.2 Å². The predicted molar refractivity (Wildman–Crippen MR) is 110 cm³/mol. The molecular formula is C20H27N5O3. The van der Waals surface area contributed by atoms with Gasteiger partial charge < -0.3 is 14.6 Å². The van der Waals surface area contributed by atoms with Crippen LogP contribution in [0.25, 0.3) is 11.2 Å². The van der Waals surface area contributed by atoms with Gasteiger partial charge in [-0.1, -0.05) is 38.3 Å². The second-order valence-corrected chi connectivity index (χ2v) is 6.84. The molecule has 0 atom stereocenters. The van der Waals surface area contributed by atoms with Gasteiger partial charge in [-0.15, -0.1) is 0 Å². The lowest BCUT2D eigenvalue weighted by molar-refractivity contribution is 0.414. The highest BCUT2D eigenvalue weighted by Crippen LogP contribution is 2.18. The molecule has 0 unspecified atom stereocenters. The van der Waals surface area contributed by atoms with E-state index in [-0.39, 0.29) is 0 Å². The van der Waals surface area contributed by atoms with Crippen molar-refractivity contribution >= 4 is 17.1 Å². The van der Waals surface area contributed by atoms with Gasteiger partial charge in [0.05, 0.1) is 7.11 Å². The van der Waals surface area contributed by atoms with Crippen LogP contribution < -0.4 is 21.3 Å². The first-order chi connectivity index (χ1) is 13.5. The molecule has 0 aliphatic heterocycles. The summed E-state index contributed by atoms with van der Waals surface area (Å²) in [5.74, 6) is 1.39. The fourth-order valence-electron chi connectivity index (χ4n) is 3.21. The summed E-state index contributed by atoms with van der Waals surface area (Å²) in [5, 5.41) is 3.31. The molecular weight excluding hydrogens is 358 g/mol. The molecule has 2 N–H and O–H groups in total. The number of methoxy groups -OCH3 is 1. The number of imidazole rings is 1. The van der Waals surface area contributed by atoms with Crippen LogP contribution in [0.15, 0.2) is 33.9 Å². The first-order valence-electron chi connectivity index (χ1n) is 9.61. The number of fused-ring (bicyclic) bond motifs is 1. The first-order valence-corrected chi connectivity index (χ1v) is 9.61. The zero-order valence-corrected chi connectivity index (χ0v) is 16.6. The SMILES string of the molecule is CCCCCCn1c(NCc2ccc(OC)cc2)nc2c1c(=O)[nH]c(=O)n2C. The minimum absolute atomic E-state index is 0.390. The maximum Gasteiger partial charge on any atom is 0.329 e. The minimum Gasteiger partial charge on any atom is -0.497 e. The topological polar surface area (TPSA) is 93.9 Å². The van der Waals surface area contributed by atoms with Gasteiger partial charge in [0.2, 0.25) is 5.95 Å². The molecule has 8 nitrogen and oxygen atoms in total. The smallest absolute Gasteiger partial charge is 0.329 e. The van der Waals surface area contributed by atoms with Crippen LogP contribution in [0, 0.1) is 0 Å². The molecule has 0 aliphatic rings. The minimum atomic E-state index is -0.463. The Morgan fingerprint density at radius 1 is 1.14 bits per heavy atom. The van der Waals surface area contributed by atoms with Crippen LogP contribution in [0.1, 0.15) is 38.2 Å². The standard InChI is InChI=1S/C20H27N5O3/c1-4-5-6-7-12-25-16-17(24(2)20(27)23-18(16)26)22-19(25)21-13-14-8-10-15(28-3)11-9-14/h8-11H,4-7,12-13H2,1-3H3,(H,21,22)(H,23,26,27). The summed E-state index contributed by atoms with van der Waals surface area (Å²) in [6.07, 6.45) is 4.31. The largest absolute Gasteiger partial charge is 0.497 e. The van der Waals surface area contributed by atoms with Crippen LogP contribution >= 0.6 is 0 Å². The highest BCUT2D eigenvalue weighted by Gasteiger charge is 2.17. The number of aromatic nitrogens is 4. The van der Waals surface area contributed by atoms with Crippen LogP contribution in [0.4, 0.5) is 5.95 Å². The number of unbranched alkanes of at least 4 members (excludes halogenated alkanes) is 3. The lowest BCUT2D eigenvalue weighted by Crippen LogP contribution is -2.29. The molecule has 1 aromatic carbocycles. The van der Waals surface area contributed by atoms with Gasteiger partial charge in [0, 0.05) is 20.1 Å². The summed E-state index contributed by atoms with van der Waals surface area (Å²) < 4.78 is 8.44. The van der Waals surface area contributed by atoms with Crippen LogP contribution in [0.5, 0.6) is 5.75 Å². The van der Waals surface area contributed by atoms with Crippen molar-refractivity contribution in [2.75, 3.05) is 12.4 Å². The first kappa shape index (κ1) is 19.7. The van der Waals surface area contributed by atoms with E-state index >= 15 is 0 Å². The van der Waals surface area contributed by atoms with E-state index in [9.17, 15) is 9.59 Å². The summed E-state index contributed by atoms with van der Waals surface area (Å²) in [4.78, 5) is 31.3. The predicted octanol–water partition coefficient (Wildman–Crippen LogP) is 2.62. The van der Waals surface area contributed by atoms with Crippen molar-refractivity contribution in [3.63, 3.8) is 0 Å². The molecule has 2 heterocycles. The number of nitrogens with one attached hydrogen (secondary N) is 2. The molecule has 0 saturated heterocycles. The lowest BCUT2D eigenvalue weighted by atomic mass is 10.2. The molecule has 0 bridgehead atoms. The van der Waals surface area contributed by atoms with E-state index in [0.717, 1.165) is 37.0 Å². The molecule has 0 saturated carbocycles. The van der Waals surface area contributed by atoms with Crippen molar-refractivity contribution in [3.05, 3.63) is 50.7 Å². The third-order valence-electron chi connectivity index (χ3n) is 4.85. The second kappa shape index (κ2) is 8.77. The number of aromatic amines is 1. The summed E-state index contributed by atoms with van der Waals surface area (Å²) in [6.45, 7) is 3.38. The van der Waals surface area contributed by atoms with Gasteiger partial charge in [0.15, 0.2) is 11.2 Å². The molecule has 8 heteroatoms. The molecule has 0 fully saturated rings. The number of aryl methyl sites for hydroxylation is 2. The van der Waals surface area contributed by atoms with E-state index in [1.807, 2.05) is 28.8 Å². The number of H-pyrrole nitrogens is 1. The van der Waals surface area contributed by atoms with E-state index in [1.165, 1.54) is 4.57 Å². The maximum absolute atomic E-state index is 12.4. The Morgan fingerprint density at radius 3 is 2.57 bits per heavy atom. The summed E-state index contributed by atoms with van der Waals surface area (Å²) in [5.41, 5.74) is 1.01. The molecule has 3 rings (SSSR count). The van der Waals surface area contributed by atoms with Gasteiger partial charge in [-0.25, -0.2) is 4.79 Å². The van der Waals surface area contributed by atoms with E-state index in [0.29, 0.717) is 30.2 Å². The Balaban J connectivity index is 1.92. The average molecular weight is 385 g/mol. The quantitative estimate of drug-likeness (QED) is 0.552. The highest BCUT2D eigenvalue weighted by molar-refractivity contribution is 5.74. The van der Waals surface area contributed by atoms with Gasteiger partial charge in [-0.05, 0) is 24.1 Å². The molecule has 150 valence electrons. The maximum atomic E-state index is 12.4. The Labute approximate surface area is 163 Å². The number of ether oxygens (including phenoxy) is 1. The zero-order valence-electron chi connectivity index (χ0n) is 16.6. The zero-order chi connectivity index (χ0) is 20.1. The van der Waals surface area contributed by atoms with E-state index < -0.39 is 11.2 Å². The number of rotatable bonds is 9. The molecule has 0 radical (unpaired) electrons. The van der Waals surface area contributed by atoms with Crippen molar-refractivity contribution in [3.8, 4) is 5.75 Å². The molecule has 28 heavy (non-hydrogen) atoms. The number of nitrogens with zero attached hydrogens (tertiary/aromatic N) is 3.